The first kappa shape index (κ1) is 17.8. The van der Waals surface area contributed by atoms with Gasteiger partial charge in [-0.15, -0.1) is 0 Å². The Kier molecular flexibility index (Phi) is 4.96. The quantitative estimate of drug-likeness (QED) is 0.892. The zero-order chi connectivity index (χ0) is 18.8. The van der Waals surface area contributed by atoms with Crippen LogP contribution in [0, 0.1) is 5.82 Å². The van der Waals surface area contributed by atoms with Gasteiger partial charge in [0.2, 0.25) is 5.89 Å². The van der Waals surface area contributed by atoms with Crippen LogP contribution in [0.15, 0.2) is 28.8 Å². The van der Waals surface area contributed by atoms with Crippen LogP contribution in [0.4, 0.5) is 14.9 Å². The van der Waals surface area contributed by atoms with Crippen molar-refractivity contribution in [1.82, 2.24) is 20.4 Å². The topological polar surface area (TPSA) is 74.5 Å². The number of rotatable bonds is 4. The minimum atomic E-state index is -0.325. The normalized spacial score (nSPS) is 18.9. The first-order valence-electron chi connectivity index (χ1n) is 9.49. The lowest BCUT2D eigenvalue weighted by atomic mass is 10.2. The zero-order valence-corrected chi connectivity index (χ0v) is 15.4. The van der Waals surface area contributed by atoms with E-state index >= 15 is 0 Å². The van der Waals surface area contributed by atoms with Crippen molar-refractivity contribution in [3.05, 3.63) is 41.8 Å². The van der Waals surface area contributed by atoms with Gasteiger partial charge in [-0.1, -0.05) is 5.16 Å². The zero-order valence-electron chi connectivity index (χ0n) is 15.4. The molecule has 2 aromatic rings. The van der Waals surface area contributed by atoms with Crippen LogP contribution in [-0.4, -0.2) is 47.3 Å². The van der Waals surface area contributed by atoms with Gasteiger partial charge in [0.05, 0.1) is 0 Å². The molecular formula is C19H24FN5O2. The number of nitrogens with one attached hydrogen (secondary N) is 1. The Balaban J connectivity index is 1.32. The molecule has 1 N–H and O–H groups in total. The highest BCUT2D eigenvalue weighted by atomic mass is 19.1. The number of amides is 2. The first-order chi connectivity index (χ1) is 13.1. The van der Waals surface area contributed by atoms with Gasteiger partial charge in [-0.25, -0.2) is 9.18 Å². The number of carbonyl (C=O) groups excluding carboxylic acids is 1. The van der Waals surface area contributed by atoms with Crippen LogP contribution < -0.4 is 10.2 Å². The maximum Gasteiger partial charge on any atom is 0.318 e. The second kappa shape index (κ2) is 7.54. The smallest absolute Gasteiger partial charge is 0.318 e. The first-order valence-corrected chi connectivity index (χ1v) is 9.49. The Hall–Kier alpha value is -2.64. The van der Waals surface area contributed by atoms with Crippen LogP contribution in [-0.2, 0) is 0 Å². The number of benzene rings is 1. The molecule has 7 nitrogen and oxygen atoms in total. The maximum atomic E-state index is 13.1. The van der Waals surface area contributed by atoms with Crippen LogP contribution in [0.25, 0.3) is 0 Å². The van der Waals surface area contributed by atoms with Gasteiger partial charge in [-0.05, 0) is 50.5 Å². The van der Waals surface area contributed by atoms with Gasteiger partial charge in [-0.2, -0.15) is 4.98 Å². The molecule has 0 spiro atoms. The molecule has 1 aliphatic heterocycles. The molecular weight excluding hydrogens is 349 g/mol. The Morgan fingerprint density at radius 2 is 2.00 bits per heavy atom. The summed E-state index contributed by atoms with van der Waals surface area (Å²) in [6.07, 6.45) is 3.07. The van der Waals surface area contributed by atoms with E-state index in [1.54, 1.807) is 17.0 Å². The van der Waals surface area contributed by atoms with Gasteiger partial charge in [0.25, 0.3) is 0 Å². The number of nitrogens with zero attached hydrogens (tertiary/aromatic N) is 4. The van der Waals surface area contributed by atoms with Crippen LogP contribution >= 0.6 is 0 Å². The molecule has 2 fully saturated rings. The third-order valence-electron chi connectivity index (χ3n) is 5.09. The minimum absolute atomic E-state index is 0.130. The van der Waals surface area contributed by atoms with Gasteiger partial charge in [0.15, 0.2) is 5.82 Å². The average molecular weight is 373 g/mol. The fourth-order valence-corrected chi connectivity index (χ4v) is 3.30. The van der Waals surface area contributed by atoms with E-state index in [0.717, 1.165) is 37.3 Å². The summed E-state index contributed by atoms with van der Waals surface area (Å²) in [5.41, 5.74) is 0.977. The lowest BCUT2D eigenvalue weighted by Gasteiger charge is -2.24. The van der Waals surface area contributed by atoms with Crippen LogP contribution in [0.3, 0.4) is 0 Å². The molecule has 8 heteroatoms. The maximum absolute atomic E-state index is 13.1. The number of carbonyl (C=O) groups is 1. The predicted octanol–water partition coefficient (Wildman–Crippen LogP) is 3.07. The molecule has 1 atom stereocenters. The summed E-state index contributed by atoms with van der Waals surface area (Å²) < 4.78 is 18.4. The molecule has 1 saturated heterocycles. The van der Waals surface area contributed by atoms with Crippen LogP contribution in [0.2, 0.25) is 0 Å². The largest absolute Gasteiger partial charge is 0.370 e. The van der Waals surface area contributed by atoms with E-state index in [0.29, 0.717) is 31.4 Å². The summed E-state index contributed by atoms with van der Waals surface area (Å²) in [7, 11) is 0. The Morgan fingerprint density at radius 1 is 1.22 bits per heavy atom. The van der Waals surface area contributed by atoms with Gasteiger partial charge < -0.3 is 19.6 Å². The highest BCUT2D eigenvalue weighted by Crippen LogP contribution is 2.38. The standard InChI is InChI=1S/C19H24FN5O2/c1-13(18-22-17(23-27-18)14-3-4-14)21-19(26)25-10-2-9-24(11-12-25)16-7-5-15(20)6-8-16/h5-8,13-14H,2-4,9-12H2,1H3,(H,21,26). The predicted molar refractivity (Wildman–Crippen MR) is 98.0 cm³/mol. The van der Waals surface area contributed by atoms with E-state index < -0.39 is 0 Å². The van der Waals surface area contributed by atoms with Gasteiger partial charge in [0.1, 0.15) is 11.9 Å². The summed E-state index contributed by atoms with van der Waals surface area (Å²) in [5.74, 6) is 1.38. The summed E-state index contributed by atoms with van der Waals surface area (Å²) in [6.45, 7) is 4.67. The van der Waals surface area contributed by atoms with Crippen LogP contribution in [0.5, 0.6) is 0 Å². The lowest BCUT2D eigenvalue weighted by Crippen LogP contribution is -2.43. The van der Waals surface area contributed by atoms with Gasteiger partial charge >= 0.3 is 6.03 Å². The molecule has 1 aromatic carbocycles. The third kappa shape index (κ3) is 4.20. The lowest BCUT2D eigenvalue weighted by molar-refractivity contribution is 0.195. The van der Waals surface area contributed by atoms with E-state index in [4.69, 9.17) is 4.52 Å². The number of halogens is 1. The second-order valence-electron chi connectivity index (χ2n) is 7.24. The van der Waals surface area contributed by atoms with Crippen molar-refractivity contribution in [2.75, 3.05) is 31.1 Å². The van der Waals surface area contributed by atoms with E-state index in [-0.39, 0.29) is 17.9 Å². The number of urea groups is 1. The average Bonchev–Trinajstić information content (AvgIpc) is 3.44. The van der Waals surface area contributed by atoms with Crippen molar-refractivity contribution in [3.63, 3.8) is 0 Å². The van der Waals surface area contributed by atoms with E-state index in [9.17, 15) is 9.18 Å². The number of aromatic nitrogens is 2. The van der Waals surface area contributed by atoms with Crippen molar-refractivity contribution in [3.8, 4) is 0 Å². The Morgan fingerprint density at radius 3 is 2.74 bits per heavy atom. The highest BCUT2D eigenvalue weighted by Gasteiger charge is 2.30. The fraction of sp³-hybridized carbons (Fsp3) is 0.526. The molecule has 1 unspecified atom stereocenters. The van der Waals surface area contributed by atoms with Crippen molar-refractivity contribution >= 4 is 11.7 Å². The molecule has 2 amide bonds. The highest BCUT2D eigenvalue weighted by molar-refractivity contribution is 5.74. The summed E-state index contributed by atoms with van der Waals surface area (Å²) >= 11 is 0. The summed E-state index contributed by atoms with van der Waals surface area (Å²) in [5, 5.41) is 6.95. The number of hydrogen-bond donors (Lipinski definition) is 1. The summed E-state index contributed by atoms with van der Waals surface area (Å²) in [6, 6.07) is 6.03. The summed E-state index contributed by atoms with van der Waals surface area (Å²) in [4.78, 5) is 21.0. The van der Waals surface area contributed by atoms with Gasteiger partial charge in [-0.3, -0.25) is 0 Å². The Bertz CT molecular complexity index is 790. The molecule has 27 heavy (non-hydrogen) atoms. The van der Waals surface area contributed by atoms with Gasteiger partial charge in [0, 0.05) is 37.8 Å². The third-order valence-corrected chi connectivity index (χ3v) is 5.09. The number of hydrogen-bond acceptors (Lipinski definition) is 5. The molecule has 1 saturated carbocycles. The Labute approximate surface area is 157 Å². The molecule has 1 aliphatic carbocycles. The molecule has 144 valence electrons. The van der Waals surface area contributed by atoms with E-state index in [1.165, 1.54) is 12.1 Å². The van der Waals surface area contributed by atoms with Crippen molar-refractivity contribution in [2.45, 2.75) is 38.1 Å². The van der Waals surface area contributed by atoms with E-state index in [1.807, 2.05) is 6.92 Å². The van der Waals surface area contributed by atoms with Crippen LogP contribution in [0.1, 0.15) is 49.9 Å². The molecule has 0 radical (unpaired) electrons. The number of anilines is 1. The monoisotopic (exact) mass is 373 g/mol. The van der Waals surface area contributed by atoms with E-state index in [2.05, 4.69) is 20.4 Å². The second-order valence-corrected chi connectivity index (χ2v) is 7.24. The fourth-order valence-electron chi connectivity index (χ4n) is 3.30. The molecule has 0 bridgehead atoms. The molecule has 2 aliphatic rings. The van der Waals surface area contributed by atoms with Crippen molar-refractivity contribution < 1.29 is 13.7 Å². The SMILES string of the molecule is CC(NC(=O)N1CCCN(c2ccc(F)cc2)CC1)c1nc(C2CC2)no1. The minimum Gasteiger partial charge on any atom is -0.370 e. The molecule has 1 aromatic heterocycles. The van der Waals surface area contributed by atoms with Crippen molar-refractivity contribution in [2.24, 2.45) is 0 Å². The van der Waals surface area contributed by atoms with Crippen molar-refractivity contribution in [1.29, 1.82) is 0 Å². The molecule has 4 rings (SSSR count). The molecule has 2 heterocycles.